The highest BCUT2D eigenvalue weighted by Gasteiger charge is 2.17. The Hall–Kier alpha value is -2.51. The number of H-pyrrole nitrogens is 1. The Morgan fingerprint density at radius 1 is 1.38 bits per heavy atom. The lowest BCUT2D eigenvalue weighted by Gasteiger charge is -2.13. The number of methoxy groups -OCH3 is 1. The van der Waals surface area contributed by atoms with Gasteiger partial charge < -0.3 is 14.8 Å². The van der Waals surface area contributed by atoms with Crippen molar-refractivity contribution in [3.8, 4) is 22.1 Å². The van der Waals surface area contributed by atoms with Crippen LogP contribution in [0.5, 0.6) is 11.5 Å². The number of nitrogens with zero attached hydrogens (tertiary/aromatic N) is 1. The summed E-state index contributed by atoms with van der Waals surface area (Å²) < 4.78 is 10.9. The highest BCUT2D eigenvalue weighted by molar-refractivity contribution is 7.13. The standard InChI is InChI=1S/C18H18ClN3O3S/c1-3-6-25-17-12(19)8-11(9-14(17)24-2)18(23)20-16-10-13(21-22-16)15-5-4-7-26-15/h4-5,7-10H,3,6H2,1-2H3,(H2,20,21,22,23). The molecule has 0 unspecified atom stereocenters. The average molecular weight is 392 g/mol. The number of benzene rings is 1. The highest BCUT2D eigenvalue weighted by atomic mass is 35.5. The van der Waals surface area contributed by atoms with Crippen LogP contribution in [-0.4, -0.2) is 29.8 Å². The molecule has 0 aliphatic rings. The number of nitrogens with one attached hydrogen (secondary N) is 2. The van der Waals surface area contributed by atoms with E-state index in [-0.39, 0.29) is 5.91 Å². The first kappa shape index (κ1) is 18.3. The van der Waals surface area contributed by atoms with Gasteiger partial charge in [-0.3, -0.25) is 9.89 Å². The van der Waals surface area contributed by atoms with Gasteiger partial charge in [-0.05, 0) is 30.0 Å². The molecule has 2 N–H and O–H groups in total. The minimum Gasteiger partial charge on any atom is -0.493 e. The number of carbonyl (C=O) groups excluding carboxylic acids is 1. The van der Waals surface area contributed by atoms with Gasteiger partial charge in [-0.15, -0.1) is 11.3 Å². The molecule has 0 spiro atoms. The Labute approximate surface area is 160 Å². The van der Waals surface area contributed by atoms with Gasteiger partial charge in [0.1, 0.15) is 0 Å². The number of aromatic amines is 1. The topological polar surface area (TPSA) is 76.2 Å². The monoisotopic (exact) mass is 391 g/mol. The van der Waals surface area contributed by atoms with Gasteiger partial charge in [0.05, 0.1) is 29.3 Å². The summed E-state index contributed by atoms with van der Waals surface area (Å²) in [5, 5.41) is 12.1. The molecule has 0 fully saturated rings. The van der Waals surface area contributed by atoms with Gasteiger partial charge in [-0.25, -0.2) is 0 Å². The number of rotatable bonds is 7. The molecule has 0 aliphatic carbocycles. The molecule has 0 saturated carbocycles. The molecule has 1 aromatic carbocycles. The van der Waals surface area contributed by atoms with E-state index in [1.807, 2.05) is 24.4 Å². The average Bonchev–Trinajstić information content (AvgIpc) is 3.31. The van der Waals surface area contributed by atoms with E-state index in [1.165, 1.54) is 7.11 Å². The van der Waals surface area contributed by atoms with Gasteiger partial charge >= 0.3 is 0 Å². The van der Waals surface area contributed by atoms with Crippen LogP contribution in [0.2, 0.25) is 5.02 Å². The van der Waals surface area contributed by atoms with Crippen molar-refractivity contribution in [2.75, 3.05) is 19.0 Å². The molecule has 0 atom stereocenters. The minimum absolute atomic E-state index is 0.323. The summed E-state index contributed by atoms with van der Waals surface area (Å²) in [7, 11) is 1.51. The van der Waals surface area contributed by atoms with Crippen molar-refractivity contribution >= 4 is 34.7 Å². The van der Waals surface area contributed by atoms with Crippen molar-refractivity contribution in [3.05, 3.63) is 46.3 Å². The molecule has 6 nitrogen and oxygen atoms in total. The molecule has 0 bridgehead atoms. The van der Waals surface area contributed by atoms with E-state index in [0.29, 0.717) is 34.5 Å². The predicted octanol–water partition coefficient (Wildman–Crippen LogP) is 4.84. The Morgan fingerprint density at radius 3 is 2.92 bits per heavy atom. The van der Waals surface area contributed by atoms with Gasteiger partial charge in [-0.2, -0.15) is 5.10 Å². The maximum Gasteiger partial charge on any atom is 0.257 e. The van der Waals surface area contributed by atoms with Crippen molar-refractivity contribution < 1.29 is 14.3 Å². The first-order chi connectivity index (χ1) is 12.6. The molecule has 8 heteroatoms. The smallest absolute Gasteiger partial charge is 0.257 e. The number of carbonyl (C=O) groups is 1. The zero-order chi connectivity index (χ0) is 18.5. The maximum atomic E-state index is 12.5. The number of ether oxygens (including phenoxy) is 2. The van der Waals surface area contributed by atoms with E-state index < -0.39 is 0 Å². The van der Waals surface area contributed by atoms with Crippen molar-refractivity contribution in [2.24, 2.45) is 0 Å². The van der Waals surface area contributed by atoms with Crippen LogP contribution in [0.25, 0.3) is 10.6 Å². The number of anilines is 1. The van der Waals surface area contributed by atoms with Crippen molar-refractivity contribution in [1.29, 1.82) is 0 Å². The molecular weight excluding hydrogens is 374 g/mol. The quantitative estimate of drug-likeness (QED) is 0.604. The number of halogens is 1. The zero-order valence-corrected chi connectivity index (χ0v) is 15.9. The van der Waals surface area contributed by atoms with E-state index in [0.717, 1.165) is 17.0 Å². The van der Waals surface area contributed by atoms with Crippen LogP contribution in [0, 0.1) is 0 Å². The second-order valence-corrected chi connectivity index (χ2v) is 6.79. The maximum absolute atomic E-state index is 12.5. The number of thiophene rings is 1. The molecule has 136 valence electrons. The van der Waals surface area contributed by atoms with E-state index in [2.05, 4.69) is 15.5 Å². The molecule has 2 aromatic heterocycles. The summed E-state index contributed by atoms with van der Waals surface area (Å²) in [6.45, 7) is 2.51. The summed E-state index contributed by atoms with van der Waals surface area (Å²) >= 11 is 7.85. The van der Waals surface area contributed by atoms with Crippen molar-refractivity contribution in [1.82, 2.24) is 10.2 Å². The van der Waals surface area contributed by atoms with Crippen LogP contribution in [0.15, 0.2) is 35.7 Å². The first-order valence-electron chi connectivity index (χ1n) is 8.03. The van der Waals surface area contributed by atoms with E-state index in [1.54, 1.807) is 29.5 Å². The van der Waals surface area contributed by atoms with Gasteiger partial charge in [0.25, 0.3) is 5.91 Å². The van der Waals surface area contributed by atoms with Gasteiger partial charge in [0.2, 0.25) is 0 Å². The van der Waals surface area contributed by atoms with Crippen LogP contribution >= 0.6 is 22.9 Å². The summed E-state index contributed by atoms with van der Waals surface area (Å²) in [5.74, 6) is 0.945. The highest BCUT2D eigenvalue weighted by Crippen LogP contribution is 2.36. The summed E-state index contributed by atoms with van der Waals surface area (Å²) in [4.78, 5) is 13.6. The Balaban J connectivity index is 1.78. The normalized spacial score (nSPS) is 10.6. The number of hydrogen-bond donors (Lipinski definition) is 2. The Kier molecular flexibility index (Phi) is 5.80. The third kappa shape index (κ3) is 4.00. The third-order valence-electron chi connectivity index (χ3n) is 3.55. The van der Waals surface area contributed by atoms with Gasteiger partial charge in [0, 0.05) is 11.6 Å². The Bertz CT molecular complexity index is 893. The van der Waals surface area contributed by atoms with Gasteiger partial charge in [-0.1, -0.05) is 24.6 Å². The third-order valence-corrected chi connectivity index (χ3v) is 4.73. The van der Waals surface area contributed by atoms with Gasteiger partial charge in [0.15, 0.2) is 17.3 Å². The zero-order valence-electron chi connectivity index (χ0n) is 14.3. The molecular formula is C18H18ClN3O3S. The number of amides is 1. The second kappa shape index (κ2) is 8.25. The lowest BCUT2D eigenvalue weighted by Crippen LogP contribution is -2.12. The summed E-state index contributed by atoms with van der Waals surface area (Å²) in [6, 6.07) is 8.86. The molecule has 2 heterocycles. The van der Waals surface area contributed by atoms with Crippen LogP contribution in [0.1, 0.15) is 23.7 Å². The largest absolute Gasteiger partial charge is 0.493 e. The predicted molar refractivity (Wildman–Crippen MR) is 104 cm³/mol. The molecule has 0 aliphatic heterocycles. The Morgan fingerprint density at radius 2 is 2.23 bits per heavy atom. The lowest BCUT2D eigenvalue weighted by molar-refractivity contribution is 0.102. The second-order valence-electron chi connectivity index (χ2n) is 5.44. The molecule has 3 rings (SSSR count). The van der Waals surface area contributed by atoms with Crippen molar-refractivity contribution in [2.45, 2.75) is 13.3 Å². The summed E-state index contributed by atoms with van der Waals surface area (Å²) in [6.07, 6.45) is 0.841. The fourth-order valence-electron chi connectivity index (χ4n) is 2.33. The van der Waals surface area contributed by atoms with E-state index in [4.69, 9.17) is 21.1 Å². The molecule has 3 aromatic rings. The van der Waals surface area contributed by atoms with Crippen molar-refractivity contribution in [3.63, 3.8) is 0 Å². The number of aromatic nitrogens is 2. The lowest BCUT2D eigenvalue weighted by atomic mass is 10.2. The fraction of sp³-hybridized carbons (Fsp3) is 0.222. The molecule has 0 saturated heterocycles. The van der Waals surface area contributed by atoms with E-state index in [9.17, 15) is 4.79 Å². The van der Waals surface area contributed by atoms with Crippen LogP contribution in [0.3, 0.4) is 0 Å². The minimum atomic E-state index is -0.337. The van der Waals surface area contributed by atoms with Crippen LogP contribution in [0.4, 0.5) is 5.82 Å². The molecule has 1 amide bonds. The molecule has 26 heavy (non-hydrogen) atoms. The number of hydrogen-bond acceptors (Lipinski definition) is 5. The van der Waals surface area contributed by atoms with Crippen LogP contribution < -0.4 is 14.8 Å². The van der Waals surface area contributed by atoms with E-state index >= 15 is 0 Å². The first-order valence-corrected chi connectivity index (χ1v) is 9.29. The molecule has 0 radical (unpaired) electrons. The fourth-order valence-corrected chi connectivity index (χ4v) is 3.29. The van der Waals surface area contributed by atoms with Crippen LogP contribution in [-0.2, 0) is 0 Å². The SMILES string of the molecule is CCCOc1c(Cl)cc(C(=O)Nc2cc(-c3cccs3)[nH]n2)cc1OC. The summed E-state index contributed by atoms with van der Waals surface area (Å²) in [5.41, 5.74) is 1.20.